The van der Waals surface area contributed by atoms with Crippen LogP contribution in [0.15, 0.2) is 24.3 Å². The van der Waals surface area contributed by atoms with Gasteiger partial charge in [0, 0.05) is 13.2 Å². The number of ether oxygens (including phenoxy) is 2. The van der Waals surface area contributed by atoms with E-state index in [0.717, 1.165) is 19.4 Å². The standard InChI is InChI=1S/C15H23NO2/c1-11(17-3)14(16-2)10-15-13-7-5-4-6-12(13)8-9-18-15/h4-7,11,14-16H,8-10H2,1-3H3. The molecule has 1 aliphatic heterocycles. The summed E-state index contributed by atoms with van der Waals surface area (Å²) in [4.78, 5) is 0. The monoisotopic (exact) mass is 249 g/mol. The maximum Gasteiger partial charge on any atom is 0.0843 e. The van der Waals surface area contributed by atoms with Crippen LogP contribution in [-0.4, -0.2) is 32.9 Å². The van der Waals surface area contributed by atoms with Crippen molar-refractivity contribution in [2.75, 3.05) is 20.8 Å². The van der Waals surface area contributed by atoms with Crippen LogP contribution in [0.3, 0.4) is 0 Å². The largest absolute Gasteiger partial charge is 0.380 e. The quantitative estimate of drug-likeness (QED) is 0.868. The van der Waals surface area contributed by atoms with Gasteiger partial charge in [-0.05, 0) is 37.9 Å². The summed E-state index contributed by atoms with van der Waals surface area (Å²) in [5, 5.41) is 3.33. The highest BCUT2D eigenvalue weighted by molar-refractivity contribution is 5.31. The van der Waals surface area contributed by atoms with Crippen LogP contribution in [0.25, 0.3) is 0 Å². The lowest BCUT2D eigenvalue weighted by Crippen LogP contribution is -2.39. The Morgan fingerprint density at radius 1 is 1.44 bits per heavy atom. The van der Waals surface area contributed by atoms with Gasteiger partial charge in [0.15, 0.2) is 0 Å². The average Bonchev–Trinajstić information content (AvgIpc) is 2.44. The predicted molar refractivity (Wildman–Crippen MR) is 72.8 cm³/mol. The summed E-state index contributed by atoms with van der Waals surface area (Å²) in [6.45, 7) is 2.91. The first-order chi connectivity index (χ1) is 8.76. The Bertz CT molecular complexity index is 381. The zero-order valence-electron chi connectivity index (χ0n) is 11.5. The minimum Gasteiger partial charge on any atom is -0.380 e. The summed E-state index contributed by atoms with van der Waals surface area (Å²) < 4.78 is 11.4. The van der Waals surface area contributed by atoms with Gasteiger partial charge < -0.3 is 14.8 Å². The summed E-state index contributed by atoms with van der Waals surface area (Å²) >= 11 is 0. The van der Waals surface area contributed by atoms with Gasteiger partial charge in [0.05, 0.1) is 18.8 Å². The van der Waals surface area contributed by atoms with Crippen molar-refractivity contribution in [2.24, 2.45) is 0 Å². The van der Waals surface area contributed by atoms with Crippen molar-refractivity contribution in [3.05, 3.63) is 35.4 Å². The molecule has 0 saturated heterocycles. The Balaban J connectivity index is 2.10. The normalized spacial score (nSPS) is 22.3. The number of benzene rings is 1. The van der Waals surface area contributed by atoms with E-state index in [-0.39, 0.29) is 12.2 Å². The summed E-state index contributed by atoms with van der Waals surface area (Å²) in [6.07, 6.45) is 2.34. The third-order valence-corrected chi connectivity index (χ3v) is 3.87. The molecule has 18 heavy (non-hydrogen) atoms. The predicted octanol–water partition coefficient (Wildman–Crippen LogP) is 2.31. The average molecular weight is 249 g/mol. The second-order valence-corrected chi connectivity index (χ2v) is 4.88. The van der Waals surface area contributed by atoms with E-state index >= 15 is 0 Å². The van der Waals surface area contributed by atoms with Crippen molar-refractivity contribution >= 4 is 0 Å². The van der Waals surface area contributed by atoms with Crippen molar-refractivity contribution in [1.29, 1.82) is 0 Å². The van der Waals surface area contributed by atoms with E-state index < -0.39 is 0 Å². The molecular formula is C15H23NO2. The number of fused-ring (bicyclic) bond motifs is 1. The smallest absolute Gasteiger partial charge is 0.0843 e. The Labute approximate surface area is 109 Å². The maximum absolute atomic E-state index is 5.94. The van der Waals surface area contributed by atoms with Gasteiger partial charge in [-0.2, -0.15) is 0 Å². The number of hydrogen-bond acceptors (Lipinski definition) is 3. The van der Waals surface area contributed by atoms with Crippen LogP contribution >= 0.6 is 0 Å². The van der Waals surface area contributed by atoms with Crippen molar-refractivity contribution in [3.8, 4) is 0 Å². The summed E-state index contributed by atoms with van der Waals surface area (Å²) in [5.41, 5.74) is 2.76. The third-order valence-electron chi connectivity index (χ3n) is 3.87. The number of likely N-dealkylation sites (N-methyl/N-ethyl adjacent to an activating group) is 1. The lowest BCUT2D eigenvalue weighted by atomic mass is 9.92. The van der Waals surface area contributed by atoms with Crippen LogP contribution in [0.4, 0.5) is 0 Å². The van der Waals surface area contributed by atoms with E-state index in [1.807, 2.05) is 7.05 Å². The Hall–Kier alpha value is -0.900. The molecular weight excluding hydrogens is 226 g/mol. The van der Waals surface area contributed by atoms with Crippen molar-refractivity contribution in [3.63, 3.8) is 0 Å². The van der Waals surface area contributed by atoms with E-state index in [2.05, 4.69) is 36.5 Å². The van der Waals surface area contributed by atoms with Crippen LogP contribution < -0.4 is 5.32 Å². The molecule has 1 aromatic rings. The van der Waals surface area contributed by atoms with E-state index in [1.54, 1.807) is 7.11 Å². The molecule has 0 radical (unpaired) electrons. The number of rotatable bonds is 5. The highest BCUT2D eigenvalue weighted by Gasteiger charge is 2.25. The van der Waals surface area contributed by atoms with Crippen molar-refractivity contribution in [1.82, 2.24) is 5.32 Å². The fourth-order valence-corrected chi connectivity index (χ4v) is 2.61. The second-order valence-electron chi connectivity index (χ2n) is 4.88. The molecule has 3 atom stereocenters. The maximum atomic E-state index is 5.94. The molecule has 3 heteroatoms. The van der Waals surface area contributed by atoms with Crippen molar-refractivity contribution < 1.29 is 9.47 Å². The molecule has 0 bridgehead atoms. The molecule has 100 valence electrons. The minimum absolute atomic E-state index is 0.185. The number of nitrogens with one attached hydrogen (secondary N) is 1. The van der Waals surface area contributed by atoms with Gasteiger partial charge in [0.1, 0.15) is 0 Å². The zero-order chi connectivity index (χ0) is 13.0. The molecule has 1 N–H and O–H groups in total. The fourth-order valence-electron chi connectivity index (χ4n) is 2.61. The molecule has 1 aromatic carbocycles. The van der Waals surface area contributed by atoms with Crippen LogP contribution in [0.2, 0.25) is 0 Å². The Kier molecular flexibility index (Phi) is 4.75. The van der Waals surface area contributed by atoms with Gasteiger partial charge in [0.25, 0.3) is 0 Å². The van der Waals surface area contributed by atoms with Gasteiger partial charge in [-0.25, -0.2) is 0 Å². The Morgan fingerprint density at radius 2 is 2.22 bits per heavy atom. The van der Waals surface area contributed by atoms with Crippen LogP contribution in [0.5, 0.6) is 0 Å². The summed E-state index contributed by atoms with van der Waals surface area (Å²) in [6, 6.07) is 8.90. The minimum atomic E-state index is 0.185. The molecule has 0 aromatic heterocycles. The van der Waals surface area contributed by atoms with Gasteiger partial charge in [-0.15, -0.1) is 0 Å². The highest BCUT2D eigenvalue weighted by atomic mass is 16.5. The molecule has 3 nitrogen and oxygen atoms in total. The first kappa shape index (κ1) is 13.5. The van der Waals surface area contributed by atoms with Crippen LogP contribution in [0.1, 0.15) is 30.6 Å². The molecule has 0 fully saturated rings. The van der Waals surface area contributed by atoms with E-state index in [1.165, 1.54) is 11.1 Å². The summed E-state index contributed by atoms with van der Waals surface area (Å²) in [5.74, 6) is 0. The van der Waals surface area contributed by atoms with Crippen LogP contribution in [0, 0.1) is 0 Å². The first-order valence-corrected chi connectivity index (χ1v) is 6.65. The van der Waals surface area contributed by atoms with E-state index in [9.17, 15) is 0 Å². The van der Waals surface area contributed by atoms with Gasteiger partial charge >= 0.3 is 0 Å². The molecule has 1 aliphatic rings. The molecule has 0 spiro atoms. The lowest BCUT2D eigenvalue weighted by Gasteiger charge is -2.31. The Morgan fingerprint density at radius 3 is 2.94 bits per heavy atom. The fraction of sp³-hybridized carbons (Fsp3) is 0.600. The molecule has 0 amide bonds. The highest BCUT2D eigenvalue weighted by Crippen LogP contribution is 2.31. The van der Waals surface area contributed by atoms with Gasteiger partial charge in [-0.1, -0.05) is 24.3 Å². The number of hydrogen-bond donors (Lipinski definition) is 1. The lowest BCUT2D eigenvalue weighted by molar-refractivity contribution is 0.00750. The molecule has 3 unspecified atom stereocenters. The van der Waals surface area contributed by atoms with Gasteiger partial charge in [-0.3, -0.25) is 0 Å². The first-order valence-electron chi connectivity index (χ1n) is 6.65. The number of methoxy groups -OCH3 is 1. The topological polar surface area (TPSA) is 30.5 Å². The SMILES string of the molecule is CNC(CC1OCCc2ccccc21)C(C)OC. The third kappa shape index (κ3) is 2.91. The zero-order valence-corrected chi connectivity index (χ0v) is 11.5. The van der Waals surface area contributed by atoms with Gasteiger partial charge in [0.2, 0.25) is 0 Å². The van der Waals surface area contributed by atoms with E-state index in [4.69, 9.17) is 9.47 Å². The van der Waals surface area contributed by atoms with Crippen molar-refractivity contribution in [2.45, 2.75) is 38.0 Å². The summed E-state index contributed by atoms with van der Waals surface area (Å²) in [7, 11) is 3.74. The molecule has 2 rings (SSSR count). The second kappa shape index (κ2) is 6.32. The molecule has 0 aliphatic carbocycles. The molecule has 1 heterocycles. The molecule has 0 saturated carbocycles. The van der Waals surface area contributed by atoms with E-state index in [0.29, 0.717) is 6.04 Å². The van der Waals surface area contributed by atoms with Crippen LogP contribution in [-0.2, 0) is 15.9 Å².